The summed E-state index contributed by atoms with van der Waals surface area (Å²) in [5, 5.41) is 19.6. The lowest BCUT2D eigenvalue weighted by Gasteiger charge is -2.40. The van der Waals surface area contributed by atoms with Crippen molar-refractivity contribution in [1.29, 1.82) is 5.26 Å². The summed E-state index contributed by atoms with van der Waals surface area (Å²) < 4.78 is 5.23. The van der Waals surface area contributed by atoms with Crippen molar-refractivity contribution in [2.24, 2.45) is 5.41 Å². The van der Waals surface area contributed by atoms with E-state index in [2.05, 4.69) is 47.2 Å². The smallest absolute Gasteiger partial charge is 0.407 e. The van der Waals surface area contributed by atoms with E-state index in [0.717, 1.165) is 25.8 Å². The zero-order valence-electron chi connectivity index (χ0n) is 16.4. The van der Waals surface area contributed by atoms with Crippen LogP contribution in [0.4, 0.5) is 4.79 Å². The Morgan fingerprint density at radius 1 is 1.46 bits per heavy atom. The molecule has 0 aromatic rings. The van der Waals surface area contributed by atoms with Crippen LogP contribution in [-0.2, 0) is 4.74 Å². The molecule has 1 fully saturated rings. The van der Waals surface area contributed by atoms with E-state index in [1.54, 1.807) is 0 Å². The second kappa shape index (κ2) is 8.70. The summed E-state index contributed by atoms with van der Waals surface area (Å²) in [7, 11) is 0. The Labute approximate surface area is 157 Å². The van der Waals surface area contributed by atoms with Gasteiger partial charge in [0.25, 0.3) is 0 Å². The van der Waals surface area contributed by atoms with Crippen molar-refractivity contribution in [3.05, 3.63) is 23.8 Å². The molecule has 3 atom stereocenters. The number of piperidine rings is 1. The predicted octanol–water partition coefficient (Wildman–Crippen LogP) is 2.64. The average molecular weight is 361 g/mol. The first kappa shape index (κ1) is 20.5. The Kier molecular flexibility index (Phi) is 6.85. The van der Waals surface area contributed by atoms with Crippen LogP contribution in [0.25, 0.3) is 0 Å². The molecule has 6 nitrogen and oxygen atoms in total. The maximum Gasteiger partial charge on any atom is 0.407 e. The number of carbonyl (C=O) groups excluding carboxylic acids is 1. The van der Waals surface area contributed by atoms with Gasteiger partial charge in [-0.15, -0.1) is 0 Å². The monoisotopic (exact) mass is 360 g/mol. The first-order valence-electron chi connectivity index (χ1n) is 9.45. The molecule has 3 N–H and O–H groups in total. The molecule has 144 valence electrons. The number of allylic oxidation sites excluding steroid dienone is 3. The molecule has 6 heteroatoms. The van der Waals surface area contributed by atoms with E-state index in [4.69, 9.17) is 4.74 Å². The molecule has 1 heterocycles. The van der Waals surface area contributed by atoms with Gasteiger partial charge in [-0.05, 0) is 53.5 Å². The maximum absolute atomic E-state index is 11.7. The fourth-order valence-electron chi connectivity index (χ4n) is 3.42. The van der Waals surface area contributed by atoms with Gasteiger partial charge < -0.3 is 20.7 Å². The largest absolute Gasteiger partial charge is 0.444 e. The van der Waals surface area contributed by atoms with Gasteiger partial charge in [0.1, 0.15) is 5.60 Å². The molecule has 0 aromatic carbocycles. The summed E-state index contributed by atoms with van der Waals surface area (Å²) in [6.07, 6.45) is 8.55. The summed E-state index contributed by atoms with van der Waals surface area (Å²) >= 11 is 0. The number of nitriles is 1. The van der Waals surface area contributed by atoms with Crippen molar-refractivity contribution in [3.63, 3.8) is 0 Å². The fraction of sp³-hybridized carbons (Fsp3) is 0.700. The number of nitrogens with zero attached hydrogens (tertiary/aromatic N) is 1. The number of amides is 1. The van der Waals surface area contributed by atoms with Gasteiger partial charge >= 0.3 is 6.09 Å². The van der Waals surface area contributed by atoms with Gasteiger partial charge in [0, 0.05) is 25.2 Å². The SMILES string of the molecule is CC1=CCC(C#N)(C2CC(NCCNC(=O)OC(C)(C)C)CCN2)C=C1. The van der Waals surface area contributed by atoms with Crippen LogP contribution in [0.2, 0.25) is 0 Å². The molecule has 0 bridgehead atoms. The molecular formula is C20H32N4O2. The van der Waals surface area contributed by atoms with E-state index < -0.39 is 11.0 Å². The molecular weight excluding hydrogens is 328 g/mol. The van der Waals surface area contributed by atoms with Gasteiger partial charge in [0.15, 0.2) is 0 Å². The highest BCUT2D eigenvalue weighted by atomic mass is 16.6. The van der Waals surface area contributed by atoms with Crippen molar-refractivity contribution >= 4 is 6.09 Å². The summed E-state index contributed by atoms with van der Waals surface area (Å²) in [4.78, 5) is 11.7. The van der Waals surface area contributed by atoms with Gasteiger partial charge in [0.2, 0.25) is 0 Å². The first-order valence-corrected chi connectivity index (χ1v) is 9.45. The number of alkyl carbamates (subject to hydrolysis) is 1. The Morgan fingerprint density at radius 3 is 2.85 bits per heavy atom. The van der Waals surface area contributed by atoms with Crippen molar-refractivity contribution in [2.45, 2.75) is 64.6 Å². The number of carbonyl (C=O) groups is 1. The van der Waals surface area contributed by atoms with Crippen molar-refractivity contribution in [3.8, 4) is 6.07 Å². The highest BCUT2D eigenvalue weighted by Gasteiger charge is 2.39. The second-order valence-electron chi connectivity index (χ2n) is 8.25. The summed E-state index contributed by atoms with van der Waals surface area (Å²) in [5.74, 6) is 0. The highest BCUT2D eigenvalue weighted by molar-refractivity contribution is 5.67. The molecule has 0 radical (unpaired) electrons. The van der Waals surface area contributed by atoms with E-state index in [0.29, 0.717) is 19.1 Å². The standard InChI is InChI=1S/C20H32N4O2/c1-15-5-8-20(14-21,9-6-15)17-13-16(7-10-23-17)22-11-12-24-18(25)26-19(2,3)4/h5-6,8,16-17,22-23H,7,9-13H2,1-4H3,(H,24,25). The van der Waals surface area contributed by atoms with Gasteiger partial charge in [0.05, 0.1) is 11.5 Å². The molecule has 0 saturated carbocycles. The fourth-order valence-corrected chi connectivity index (χ4v) is 3.42. The van der Waals surface area contributed by atoms with Gasteiger partial charge in [-0.3, -0.25) is 0 Å². The van der Waals surface area contributed by atoms with Crippen LogP contribution >= 0.6 is 0 Å². The Morgan fingerprint density at radius 2 is 2.23 bits per heavy atom. The average Bonchev–Trinajstić information content (AvgIpc) is 2.58. The van der Waals surface area contributed by atoms with Crippen LogP contribution in [-0.4, -0.2) is 43.4 Å². The minimum Gasteiger partial charge on any atom is -0.444 e. The molecule has 1 aliphatic heterocycles. The van der Waals surface area contributed by atoms with Crippen molar-refractivity contribution in [2.75, 3.05) is 19.6 Å². The molecule has 26 heavy (non-hydrogen) atoms. The number of ether oxygens (including phenoxy) is 1. The quantitative estimate of drug-likeness (QED) is 0.656. The van der Waals surface area contributed by atoms with Crippen LogP contribution < -0.4 is 16.0 Å². The number of nitrogens with one attached hydrogen (secondary N) is 3. The number of hydrogen-bond donors (Lipinski definition) is 3. The van der Waals surface area contributed by atoms with E-state index >= 15 is 0 Å². The van der Waals surface area contributed by atoms with Crippen molar-refractivity contribution in [1.82, 2.24) is 16.0 Å². The van der Waals surface area contributed by atoms with Crippen LogP contribution in [0.1, 0.15) is 47.0 Å². The zero-order chi connectivity index (χ0) is 19.2. The minimum absolute atomic E-state index is 0.137. The molecule has 1 saturated heterocycles. The second-order valence-corrected chi connectivity index (χ2v) is 8.25. The molecule has 2 rings (SSSR count). The van der Waals surface area contributed by atoms with E-state index in [1.807, 2.05) is 20.8 Å². The normalized spacial score (nSPS) is 28.8. The third kappa shape index (κ3) is 5.86. The van der Waals surface area contributed by atoms with Crippen molar-refractivity contribution < 1.29 is 9.53 Å². The molecule has 0 aromatic heterocycles. The predicted molar refractivity (Wildman–Crippen MR) is 103 cm³/mol. The molecule has 1 aliphatic carbocycles. The lowest BCUT2D eigenvalue weighted by molar-refractivity contribution is 0.0527. The Bertz CT molecular complexity index is 600. The van der Waals surface area contributed by atoms with Gasteiger partial charge in [-0.2, -0.15) is 5.26 Å². The minimum atomic E-state index is -0.480. The van der Waals surface area contributed by atoms with Gasteiger partial charge in [-0.1, -0.05) is 23.8 Å². The first-order chi connectivity index (χ1) is 12.2. The highest BCUT2D eigenvalue weighted by Crippen LogP contribution is 2.36. The maximum atomic E-state index is 11.7. The number of rotatable bonds is 5. The molecule has 2 aliphatic rings. The van der Waals surface area contributed by atoms with Crippen LogP contribution in [0.3, 0.4) is 0 Å². The van der Waals surface area contributed by atoms with E-state index in [-0.39, 0.29) is 12.1 Å². The molecule has 1 amide bonds. The summed E-state index contributed by atoms with van der Waals surface area (Å²) in [5.41, 5.74) is 0.273. The summed E-state index contributed by atoms with van der Waals surface area (Å²) in [6, 6.07) is 3.01. The van der Waals surface area contributed by atoms with E-state index in [9.17, 15) is 10.1 Å². The third-order valence-corrected chi connectivity index (χ3v) is 4.87. The van der Waals surface area contributed by atoms with Crippen LogP contribution in [0.5, 0.6) is 0 Å². The Balaban J connectivity index is 1.77. The van der Waals surface area contributed by atoms with Gasteiger partial charge in [-0.25, -0.2) is 4.79 Å². The molecule has 0 spiro atoms. The van der Waals surface area contributed by atoms with Crippen LogP contribution in [0, 0.1) is 16.7 Å². The zero-order valence-corrected chi connectivity index (χ0v) is 16.4. The summed E-state index contributed by atoms with van der Waals surface area (Å²) in [6.45, 7) is 9.71. The molecule has 3 unspecified atom stereocenters. The third-order valence-electron chi connectivity index (χ3n) is 4.87. The van der Waals surface area contributed by atoms with Crippen LogP contribution in [0.15, 0.2) is 23.8 Å². The lowest BCUT2D eigenvalue weighted by Crippen LogP contribution is -2.53. The van der Waals surface area contributed by atoms with E-state index in [1.165, 1.54) is 5.57 Å². The lowest BCUT2D eigenvalue weighted by atomic mass is 9.72. The topological polar surface area (TPSA) is 86.2 Å². The number of hydrogen-bond acceptors (Lipinski definition) is 5. The Hall–Kier alpha value is -1.84.